The van der Waals surface area contributed by atoms with Gasteiger partial charge in [0.2, 0.25) is 0 Å². The van der Waals surface area contributed by atoms with Crippen molar-refractivity contribution in [3.05, 3.63) is 29.6 Å². The average molecular weight is 231 g/mol. The summed E-state index contributed by atoms with van der Waals surface area (Å²) in [5.74, 6) is 0.450. The van der Waals surface area contributed by atoms with E-state index in [4.69, 9.17) is 5.26 Å². The fourth-order valence-corrected chi connectivity index (χ4v) is 0.742. The molecule has 2 nitrogen and oxygen atoms in total. The molecule has 1 aromatic heterocycles. The Morgan fingerprint density at radius 3 is 2.58 bits per heavy atom. The van der Waals surface area contributed by atoms with Crippen molar-refractivity contribution in [2.75, 3.05) is 0 Å². The monoisotopic (exact) mass is 230 g/mol. The molecule has 0 saturated carbocycles. The molecule has 3 heteroatoms. The maximum Gasteiger partial charge on any atom is 1.00 e. The van der Waals surface area contributed by atoms with Gasteiger partial charge >= 0.3 is 58.2 Å². The van der Waals surface area contributed by atoms with Crippen LogP contribution < -0.4 is 58.2 Å². The van der Waals surface area contributed by atoms with Crippen LogP contribution >= 0.6 is 0 Å². The second-order valence-electron chi connectivity index (χ2n) is 2.66. The zero-order valence-electron chi connectivity index (χ0n) is 7.63. The minimum absolute atomic E-state index is 0. The molecular weight excluding hydrogens is 222 g/mol. The first kappa shape index (κ1) is 12.4. The zero-order chi connectivity index (χ0) is 8.27. The van der Waals surface area contributed by atoms with Gasteiger partial charge in [0.1, 0.15) is 0 Å². The van der Waals surface area contributed by atoms with Crippen LogP contribution in [0.5, 0.6) is 0 Å². The summed E-state index contributed by atoms with van der Waals surface area (Å²) in [5, 5.41) is 8.42. The van der Waals surface area contributed by atoms with Crippen LogP contribution in [0.4, 0.5) is 0 Å². The van der Waals surface area contributed by atoms with Crippen molar-refractivity contribution in [2.24, 2.45) is 0 Å². The summed E-state index contributed by atoms with van der Waals surface area (Å²) >= 11 is 0. The molecular formula is C9H9N2Rb. The van der Waals surface area contributed by atoms with Crippen molar-refractivity contribution < 1.29 is 58.2 Å². The summed E-state index contributed by atoms with van der Waals surface area (Å²) in [4.78, 5) is 3.90. The van der Waals surface area contributed by atoms with E-state index in [0.29, 0.717) is 11.6 Å². The fourth-order valence-electron chi connectivity index (χ4n) is 0.742. The standard InChI is InChI=1S/C9H9N2.Rb/c1-7(2)8-3-4-9(5-10)11-6-8;/h3,6-7H,1-2H3;/q-1;+1. The number of pyridine rings is 1. The van der Waals surface area contributed by atoms with Crippen molar-refractivity contribution in [1.29, 1.82) is 5.26 Å². The van der Waals surface area contributed by atoms with Crippen LogP contribution in [0.2, 0.25) is 0 Å². The normalized spacial score (nSPS) is 8.83. The SMILES string of the molecule is CC(C)c1c[c-]c(C#N)nc1.[Rb+]. The molecule has 0 aliphatic rings. The van der Waals surface area contributed by atoms with E-state index in [1.807, 2.05) is 12.1 Å². The van der Waals surface area contributed by atoms with Crippen molar-refractivity contribution in [3.8, 4) is 6.07 Å². The van der Waals surface area contributed by atoms with Crippen molar-refractivity contribution in [2.45, 2.75) is 19.8 Å². The summed E-state index contributed by atoms with van der Waals surface area (Å²) < 4.78 is 0. The van der Waals surface area contributed by atoms with Crippen LogP contribution in [-0.2, 0) is 0 Å². The van der Waals surface area contributed by atoms with Crippen LogP contribution in [0.25, 0.3) is 0 Å². The molecule has 0 unspecified atom stereocenters. The Balaban J connectivity index is 0.00000121. The predicted molar refractivity (Wildman–Crippen MR) is 41.9 cm³/mol. The molecule has 1 heterocycles. The number of hydrogen-bond acceptors (Lipinski definition) is 2. The van der Waals surface area contributed by atoms with Gasteiger partial charge in [0.25, 0.3) is 0 Å². The molecule has 0 aromatic carbocycles. The Labute approximate surface area is 122 Å². The van der Waals surface area contributed by atoms with Gasteiger partial charge in [0.05, 0.1) is 0 Å². The molecule has 0 aliphatic carbocycles. The van der Waals surface area contributed by atoms with Gasteiger partial charge < -0.3 is 0 Å². The topological polar surface area (TPSA) is 36.7 Å². The van der Waals surface area contributed by atoms with Crippen LogP contribution in [0.1, 0.15) is 31.0 Å². The Morgan fingerprint density at radius 1 is 1.58 bits per heavy atom. The third-order valence-corrected chi connectivity index (χ3v) is 1.49. The Hall–Kier alpha value is 0.445. The summed E-state index contributed by atoms with van der Waals surface area (Å²) in [6.45, 7) is 4.16. The first-order valence-corrected chi connectivity index (χ1v) is 3.51. The molecule has 0 bridgehead atoms. The van der Waals surface area contributed by atoms with E-state index in [9.17, 15) is 0 Å². The summed E-state index contributed by atoms with van der Waals surface area (Å²) in [7, 11) is 0. The van der Waals surface area contributed by atoms with Gasteiger partial charge in [-0.3, -0.25) is 10.2 Å². The molecule has 0 spiro atoms. The van der Waals surface area contributed by atoms with Gasteiger partial charge in [-0.2, -0.15) is 6.07 Å². The Morgan fingerprint density at radius 2 is 2.25 bits per heavy atom. The second-order valence-corrected chi connectivity index (χ2v) is 2.66. The molecule has 0 radical (unpaired) electrons. The van der Waals surface area contributed by atoms with Gasteiger partial charge in [-0.05, 0) is 12.3 Å². The fraction of sp³-hybridized carbons (Fsp3) is 0.333. The van der Waals surface area contributed by atoms with Gasteiger partial charge in [0, 0.05) is 5.69 Å². The number of nitriles is 1. The largest absolute Gasteiger partial charge is 1.00 e. The van der Waals surface area contributed by atoms with Crippen LogP contribution in [0, 0.1) is 17.4 Å². The third-order valence-electron chi connectivity index (χ3n) is 1.49. The first-order chi connectivity index (χ1) is 5.24. The van der Waals surface area contributed by atoms with Crippen molar-refractivity contribution >= 4 is 0 Å². The Bertz CT molecular complexity index is 272. The van der Waals surface area contributed by atoms with Crippen LogP contribution in [-0.4, -0.2) is 4.98 Å². The maximum absolute atomic E-state index is 8.42. The van der Waals surface area contributed by atoms with Gasteiger partial charge in [-0.1, -0.05) is 19.8 Å². The van der Waals surface area contributed by atoms with Crippen molar-refractivity contribution in [3.63, 3.8) is 0 Å². The number of nitrogens with zero attached hydrogens (tertiary/aromatic N) is 2. The van der Waals surface area contributed by atoms with E-state index in [1.165, 1.54) is 0 Å². The molecule has 0 atom stereocenters. The summed E-state index contributed by atoms with van der Waals surface area (Å²) in [6, 6.07) is 6.54. The molecule has 12 heavy (non-hydrogen) atoms. The quantitative estimate of drug-likeness (QED) is 0.574. The minimum Gasteiger partial charge on any atom is -0.287 e. The van der Waals surface area contributed by atoms with E-state index in [-0.39, 0.29) is 58.2 Å². The summed E-state index contributed by atoms with van der Waals surface area (Å²) in [5.41, 5.74) is 1.47. The van der Waals surface area contributed by atoms with Crippen molar-refractivity contribution in [1.82, 2.24) is 4.98 Å². The number of hydrogen-bond donors (Lipinski definition) is 0. The minimum atomic E-state index is 0. The Kier molecular flexibility index (Phi) is 6.21. The van der Waals surface area contributed by atoms with E-state index >= 15 is 0 Å². The average Bonchev–Trinajstić information content (AvgIpc) is 2.05. The third kappa shape index (κ3) is 3.45. The number of aromatic nitrogens is 1. The predicted octanol–water partition coefficient (Wildman–Crippen LogP) is -1.12. The molecule has 1 aromatic rings. The van der Waals surface area contributed by atoms with Gasteiger partial charge in [0.15, 0.2) is 0 Å². The smallest absolute Gasteiger partial charge is 0.287 e. The van der Waals surface area contributed by atoms with Gasteiger partial charge in [-0.25, -0.2) is 0 Å². The number of rotatable bonds is 1. The van der Waals surface area contributed by atoms with Crippen LogP contribution in [0.15, 0.2) is 12.3 Å². The maximum atomic E-state index is 8.42. The van der Waals surface area contributed by atoms with E-state index in [2.05, 4.69) is 24.9 Å². The van der Waals surface area contributed by atoms with E-state index in [1.54, 1.807) is 6.20 Å². The molecule has 56 valence electrons. The van der Waals surface area contributed by atoms with Gasteiger partial charge in [-0.15, -0.1) is 11.6 Å². The molecule has 0 fully saturated rings. The molecule has 1 rings (SSSR count). The first-order valence-electron chi connectivity index (χ1n) is 3.51. The zero-order valence-corrected chi connectivity index (χ0v) is 12.5. The van der Waals surface area contributed by atoms with E-state index in [0.717, 1.165) is 5.56 Å². The molecule has 0 saturated heterocycles. The van der Waals surface area contributed by atoms with E-state index < -0.39 is 0 Å². The summed E-state index contributed by atoms with van der Waals surface area (Å²) in [6.07, 6.45) is 1.72. The van der Waals surface area contributed by atoms with Crippen LogP contribution in [0.3, 0.4) is 0 Å². The molecule has 0 aliphatic heterocycles. The molecule has 0 N–H and O–H groups in total. The second kappa shape index (κ2) is 5.98. The molecule has 0 amide bonds.